The van der Waals surface area contributed by atoms with Gasteiger partial charge in [-0.1, -0.05) is 6.92 Å². The van der Waals surface area contributed by atoms with Crippen LogP contribution in [0.1, 0.15) is 45.7 Å². The second-order valence-corrected chi connectivity index (χ2v) is 9.17. The minimum atomic E-state index is -0.280. The van der Waals surface area contributed by atoms with Crippen LogP contribution in [0.25, 0.3) is 0 Å². The fraction of sp³-hybridized carbons (Fsp3) is 0.565. The molecule has 9 nitrogen and oxygen atoms in total. The molecule has 1 amide bonds. The Hall–Kier alpha value is -2.75. The number of nitrogens with zero attached hydrogens (tertiary/aromatic N) is 4. The number of hydrogen-bond donors (Lipinski definition) is 1. The Labute approximate surface area is 199 Å². The van der Waals surface area contributed by atoms with Crippen molar-refractivity contribution in [3.8, 4) is 11.6 Å². The number of anilines is 2. The molecule has 180 valence electrons. The quantitative estimate of drug-likeness (QED) is 0.512. The van der Waals surface area contributed by atoms with Gasteiger partial charge in [0, 0.05) is 25.9 Å². The molecule has 10 heteroatoms. The molecule has 0 unspecified atom stereocenters. The molecule has 1 aliphatic heterocycles. The summed E-state index contributed by atoms with van der Waals surface area (Å²) in [6, 6.07) is 3.99. The van der Waals surface area contributed by atoms with Gasteiger partial charge < -0.3 is 24.4 Å². The second kappa shape index (κ2) is 11.9. The number of piperidine rings is 1. The standard InChI is InChI=1S/C23H33N5O4S/c1-6-13-33-19-8-7-18(16(4)26-19)27-21-20(30-5)22(25-14-24-21)32-17-9-11-28(12-10-17)23(29)31-15(2)3/h7-8,14-15,17H,6,9-13H2,1-5H3,(H,24,25,27). The van der Waals surface area contributed by atoms with E-state index in [-0.39, 0.29) is 18.3 Å². The number of pyridine rings is 1. The molecule has 1 fully saturated rings. The summed E-state index contributed by atoms with van der Waals surface area (Å²) in [5.74, 6) is 2.36. The van der Waals surface area contributed by atoms with Crippen LogP contribution >= 0.6 is 11.8 Å². The lowest BCUT2D eigenvalue weighted by Crippen LogP contribution is -2.42. The van der Waals surface area contributed by atoms with Gasteiger partial charge in [-0.25, -0.2) is 14.8 Å². The number of carbonyl (C=O) groups is 1. The van der Waals surface area contributed by atoms with Crippen LogP contribution in [0.2, 0.25) is 0 Å². The van der Waals surface area contributed by atoms with Gasteiger partial charge in [-0.2, -0.15) is 4.98 Å². The Morgan fingerprint density at radius 2 is 2.03 bits per heavy atom. The summed E-state index contributed by atoms with van der Waals surface area (Å²) in [5, 5.41) is 4.30. The van der Waals surface area contributed by atoms with Crippen LogP contribution in [0.4, 0.5) is 16.3 Å². The number of hydrogen-bond acceptors (Lipinski definition) is 9. The molecular formula is C23H33N5O4S. The molecule has 1 N–H and O–H groups in total. The summed E-state index contributed by atoms with van der Waals surface area (Å²) in [6.45, 7) is 8.95. The number of rotatable bonds is 9. The van der Waals surface area contributed by atoms with Crippen molar-refractivity contribution < 1.29 is 19.0 Å². The van der Waals surface area contributed by atoms with Crippen molar-refractivity contribution in [3.05, 3.63) is 24.2 Å². The lowest BCUT2D eigenvalue weighted by molar-refractivity contribution is 0.0500. The molecule has 3 rings (SSSR count). The van der Waals surface area contributed by atoms with Crippen molar-refractivity contribution in [3.63, 3.8) is 0 Å². The van der Waals surface area contributed by atoms with Crippen molar-refractivity contribution >= 4 is 29.4 Å². The van der Waals surface area contributed by atoms with E-state index in [0.717, 1.165) is 28.6 Å². The zero-order valence-electron chi connectivity index (χ0n) is 20.0. The molecule has 0 bridgehead atoms. The maximum Gasteiger partial charge on any atom is 0.410 e. The van der Waals surface area contributed by atoms with E-state index in [0.29, 0.717) is 43.4 Å². The molecule has 0 atom stereocenters. The molecule has 0 aliphatic carbocycles. The zero-order chi connectivity index (χ0) is 23.8. The average molecular weight is 476 g/mol. The van der Waals surface area contributed by atoms with E-state index in [4.69, 9.17) is 14.2 Å². The number of methoxy groups -OCH3 is 1. The van der Waals surface area contributed by atoms with Gasteiger partial charge in [0.05, 0.1) is 29.6 Å². The minimum absolute atomic E-state index is 0.0805. The molecule has 0 radical (unpaired) electrons. The van der Waals surface area contributed by atoms with Gasteiger partial charge >= 0.3 is 6.09 Å². The Balaban J connectivity index is 1.66. The SMILES string of the molecule is CCCSc1ccc(Nc2ncnc(OC3CCN(C(=O)OC(C)C)CC3)c2OC)c(C)n1. The zero-order valence-corrected chi connectivity index (χ0v) is 20.8. The van der Waals surface area contributed by atoms with E-state index in [1.807, 2.05) is 32.9 Å². The van der Waals surface area contributed by atoms with E-state index in [1.54, 1.807) is 23.8 Å². The fourth-order valence-electron chi connectivity index (χ4n) is 3.39. The van der Waals surface area contributed by atoms with Crippen LogP contribution in [0.3, 0.4) is 0 Å². The Bertz CT molecular complexity index is 935. The first-order valence-electron chi connectivity index (χ1n) is 11.3. The third-order valence-electron chi connectivity index (χ3n) is 5.06. The first-order valence-corrected chi connectivity index (χ1v) is 12.3. The van der Waals surface area contributed by atoms with Gasteiger partial charge in [0.25, 0.3) is 5.88 Å². The maximum absolute atomic E-state index is 12.1. The van der Waals surface area contributed by atoms with Gasteiger partial charge in [0.15, 0.2) is 5.82 Å². The van der Waals surface area contributed by atoms with Gasteiger partial charge in [0.1, 0.15) is 12.4 Å². The number of amides is 1. The summed E-state index contributed by atoms with van der Waals surface area (Å²) in [5.41, 5.74) is 1.72. The van der Waals surface area contributed by atoms with Gasteiger partial charge in [-0.3, -0.25) is 0 Å². The molecule has 33 heavy (non-hydrogen) atoms. The molecule has 0 spiro atoms. The number of likely N-dealkylation sites (tertiary alicyclic amines) is 1. The third-order valence-corrected chi connectivity index (χ3v) is 6.19. The highest BCUT2D eigenvalue weighted by Crippen LogP contribution is 2.35. The highest BCUT2D eigenvalue weighted by molar-refractivity contribution is 7.99. The van der Waals surface area contributed by atoms with E-state index < -0.39 is 0 Å². The number of thioether (sulfide) groups is 1. The number of aromatic nitrogens is 3. The van der Waals surface area contributed by atoms with Crippen LogP contribution in [-0.2, 0) is 4.74 Å². The highest BCUT2D eigenvalue weighted by Gasteiger charge is 2.27. The summed E-state index contributed by atoms with van der Waals surface area (Å²) >= 11 is 1.74. The summed E-state index contributed by atoms with van der Waals surface area (Å²) in [4.78, 5) is 27.1. The monoisotopic (exact) mass is 475 g/mol. The van der Waals surface area contributed by atoms with Gasteiger partial charge in [0.2, 0.25) is 5.75 Å². The summed E-state index contributed by atoms with van der Waals surface area (Å²) in [7, 11) is 1.57. The number of aryl methyl sites for hydroxylation is 1. The molecule has 1 aliphatic rings. The molecule has 1 saturated heterocycles. The van der Waals surface area contributed by atoms with Crippen LogP contribution in [0.5, 0.6) is 11.6 Å². The number of ether oxygens (including phenoxy) is 3. The Morgan fingerprint density at radius 3 is 2.67 bits per heavy atom. The van der Waals surface area contributed by atoms with Gasteiger partial charge in [-0.15, -0.1) is 11.8 Å². The fourth-order valence-corrected chi connectivity index (χ4v) is 4.17. The van der Waals surface area contributed by atoms with Crippen molar-refractivity contribution in [1.82, 2.24) is 19.9 Å². The number of nitrogens with one attached hydrogen (secondary N) is 1. The van der Waals surface area contributed by atoms with Crippen molar-refractivity contribution in [2.75, 3.05) is 31.3 Å². The second-order valence-electron chi connectivity index (χ2n) is 8.05. The van der Waals surface area contributed by atoms with E-state index in [9.17, 15) is 4.79 Å². The average Bonchev–Trinajstić information content (AvgIpc) is 2.79. The van der Waals surface area contributed by atoms with Crippen LogP contribution in [0, 0.1) is 6.92 Å². The van der Waals surface area contributed by atoms with Crippen LogP contribution in [-0.4, -0.2) is 64.1 Å². The molecule has 0 aromatic carbocycles. The van der Waals surface area contributed by atoms with Gasteiger partial charge in [-0.05, 0) is 45.1 Å². The first kappa shape index (κ1) is 24.9. The van der Waals surface area contributed by atoms with Crippen LogP contribution < -0.4 is 14.8 Å². The van der Waals surface area contributed by atoms with E-state index >= 15 is 0 Å². The molecule has 0 saturated carbocycles. The van der Waals surface area contributed by atoms with Crippen LogP contribution in [0.15, 0.2) is 23.5 Å². The Kier molecular flexibility index (Phi) is 8.99. The predicted molar refractivity (Wildman–Crippen MR) is 129 cm³/mol. The summed E-state index contributed by atoms with van der Waals surface area (Å²) in [6.07, 6.45) is 3.43. The summed E-state index contributed by atoms with van der Waals surface area (Å²) < 4.78 is 17.0. The van der Waals surface area contributed by atoms with Crippen molar-refractivity contribution in [2.24, 2.45) is 0 Å². The smallest absolute Gasteiger partial charge is 0.410 e. The molecule has 3 heterocycles. The molecular weight excluding hydrogens is 442 g/mol. The molecule has 2 aromatic heterocycles. The normalized spacial score (nSPS) is 14.3. The van der Waals surface area contributed by atoms with Crippen molar-refractivity contribution in [1.29, 1.82) is 0 Å². The topological polar surface area (TPSA) is 98.7 Å². The third kappa shape index (κ3) is 6.86. The van der Waals surface area contributed by atoms with Crippen molar-refractivity contribution in [2.45, 2.75) is 64.2 Å². The predicted octanol–water partition coefficient (Wildman–Crippen LogP) is 4.82. The largest absolute Gasteiger partial charge is 0.489 e. The lowest BCUT2D eigenvalue weighted by Gasteiger charge is -2.31. The lowest BCUT2D eigenvalue weighted by atomic mass is 10.1. The minimum Gasteiger partial charge on any atom is -0.489 e. The number of carbonyl (C=O) groups excluding carboxylic acids is 1. The highest BCUT2D eigenvalue weighted by atomic mass is 32.2. The molecule has 2 aromatic rings. The maximum atomic E-state index is 12.1. The van der Waals surface area contributed by atoms with E-state index in [1.165, 1.54) is 6.33 Å². The first-order chi connectivity index (χ1) is 15.9. The Morgan fingerprint density at radius 1 is 1.27 bits per heavy atom. The van der Waals surface area contributed by atoms with E-state index in [2.05, 4.69) is 27.2 Å².